The standard InChI is InChI=1S/C10H15FN2O3S/c11-8-2-1-4-13(6-8)10(14)12-9-3-5-17(15,16)7-9/h2,9H,1,3-7H2,(H,12,14). The molecule has 0 aliphatic carbocycles. The van der Waals surface area contributed by atoms with E-state index in [-0.39, 0.29) is 36.0 Å². The second kappa shape index (κ2) is 4.64. The van der Waals surface area contributed by atoms with Crippen molar-refractivity contribution in [3.8, 4) is 0 Å². The number of carbonyl (C=O) groups is 1. The Hall–Kier alpha value is -1.11. The SMILES string of the molecule is O=C(NC1CCS(=O)(=O)C1)N1CCC=C(F)C1. The Morgan fingerprint density at radius 2 is 2.29 bits per heavy atom. The van der Waals surface area contributed by atoms with Crippen molar-refractivity contribution < 1.29 is 17.6 Å². The Balaban J connectivity index is 1.88. The van der Waals surface area contributed by atoms with Crippen molar-refractivity contribution in [2.24, 2.45) is 0 Å². The van der Waals surface area contributed by atoms with Crippen LogP contribution in [0.5, 0.6) is 0 Å². The van der Waals surface area contributed by atoms with E-state index >= 15 is 0 Å². The van der Waals surface area contributed by atoms with Crippen molar-refractivity contribution >= 4 is 15.9 Å². The number of nitrogens with one attached hydrogen (secondary N) is 1. The molecule has 0 aromatic heterocycles. The Kier molecular flexibility index (Phi) is 3.37. The summed E-state index contributed by atoms with van der Waals surface area (Å²) in [6.45, 7) is 0.448. The van der Waals surface area contributed by atoms with Gasteiger partial charge in [-0.1, -0.05) is 0 Å². The van der Waals surface area contributed by atoms with Crippen molar-refractivity contribution in [3.63, 3.8) is 0 Å². The second-order valence-corrected chi connectivity index (χ2v) is 6.64. The normalized spacial score (nSPS) is 27.7. The average Bonchev–Trinajstić information content (AvgIpc) is 2.58. The Morgan fingerprint density at radius 1 is 1.53 bits per heavy atom. The van der Waals surface area contributed by atoms with Gasteiger partial charge in [-0.3, -0.25) is 0 Å². The number of hydrogen-bond acceptors (Lipinski definition) is 3. The molecule has 1 atom stereocenters. The number of hydrogen-bond donors (Lipinski definition) is 1. The monoisotopic (exact) mass is 262 g/mol. The van der Waals surface area contributed by atoms with E-state index in [2.05, 4.69) is 5.32 Å². The lowest BCUT2D eigenvalue weighted by Gasteiger charge is -2.26. The van der Waals surface area contributed by atoms with E-state index in [0.717, 1.165) is 0 Å². The Morgan fingerprint density at radius 3 is 2.88 bits per heavy atom. The fourth-order valence-corrected chi connectivity index (χ4v) is 3.72. The summed E-state index contributed by atoms with van der Waals surface area (Å²) in [5.41, 5.74) is 0. The molecule has 1 unspecified atom stereocenters. The minimum absolute atomic E-state index is 0.00903. The van der Waals surface area contributed by atoms with Gasteiger partial charge in [0.2, 0.25) is 0 Å². The van der Waals surface area contributed by atoms with Crippen LogP contribution < -0.4 is 5.32 Å². The van der Waals surface area contributed by atoms with Gasteiger partial charge in [0.15, 0.2) is 9.84 Å². The third-order valence-electron chi connectivity index (χ3n) is 2.95. The molecule has 2 rings (SSSR count). The van der Waals surface area contributed by atoms with Crippen molar-refractivity contribution in [1.29, 1.82) is 0 Å². The summed E-state index contributed by atoms with van der Waals surface area (Å²) in [6.07, 6.45) is 2.41. The topological polar surface area (TPSA) is 66.5 Å². The number of rotatable bonds is 1. The number of sulfone groups is 1. The predicted molar refractivity (Wildman–Crippen MR) is 61.0 cm³/mol. The highest BCUT2D eigenvalue weighted by molar-refractivity contribution is 7.91. The molecule has 17 heavy (non-hydrogen) atoms. The van der Waals surface area contributed by atoms with E-state index in [9.17, 15) is 17.6 Å². The fraction of sp³-hybridized carbons (Fsp3) is 0.700. The van der Waals surface area contributed by atoms with E-state index in [0.29, 0.717) is 19.4 Å². The van der Waals surface area contributed by atoms with Gasteiger partial charge in [-0.2, -0.15) is 0 Å². The third kappa shape index (κ3) is 3.18. The van der Waals surface area contributed by atoms with Crippen LogP contribution in [0.4, 0.5) is 9.18 Å². The fourth-order valence-electron chi connectivity index (χ4n) is 2.05. The summed E-state index contributed by atoms with van der Waals surface area (Å²) >= 11 is 0. The molecule has 2 amide bonds. The number of halogens is 1. The van der Waals surface area contributed by atoms with E-state index < -0.39 is 9.84 Å². The number of carbonyl (C=O) groups excluding carboxylic acids is 1. The van der Waals surface area contributed by atoms with Gasteiger partial charge in [-0.15, -0.1) is 0 Å². The van der Waals surface area contributed by atoms with Crippen LogP contribution in [0.2, 0.25) is 0 Å². The van der Waals surface area contributed by atoms with Gasteiger partial charge in [0.05, 0.1) is 18.1 Å². The molecule has 2 aliphatic heterocycles. The summed E-state index contributed by atoms with van der Waals surface area (Å²) in [7, 11) is -3.00. The Labute approximate surface area is 99.6 Å². The average molecular weight is 262 g/mol. The number of urea groups is 1. The third-order valence-corrected chi connectivity index (χ3v) is 4.72. The van der Waals surface area contributed by atoms with Crippen LogP contribution >= 0.6 is 0 Å². The molecular formula is C10H15FN2O3S. The zero-order chi connectivity index (χ0) is 12.5. The van der Waals surface area contributed by atoms with Gasteiger partial charge < -0.3 is 10.2 Å². The molecule has 0 aromatic carbocycles. The van der Waals surface area contributed by atoms with Gasteiger partial charge in [0.25, 0.3) is 0 Å². The Bertz CT molecular complexity index is 446. The molecule has 2 aliphatic rings. The lowest BCUT2D eigenvalue weighted by molar-refractivity contribution is 0.193. The summed E-state index contributed by atoms with van der Waals surface area (Å²) in [5.74, 6) is -0.206. The largest absolute Gasteiger partial charge is 0.334 e. The van der Waals surface area contributed by atoms with Crippen LogP contribution in [0.25, 0.3) is 0 Å². The van der Waals surface area contributed by atoms with E-state index in [1.165, 1.54) is 11.0 Å². The molecule has 1 fully saturated rings. The van der Waals surface area contributed by atoms with E-state index in [4.69, 9.17) is 0 Å². The van der Waals surface area contributed by atoms with Gasteiger partial charge in [0, 0.05) is 12.6 Å². The molecule has 0 bridgehead atoms. The van der Waals surface area contributed by atoms with Gasteiger partial charge in [-0.05, 0) is 18.9 Å². The van der Waals surface area contributed by atoms with Crippen molar-refractivity contribution in [2.75, 3.05) is 24.6 Å². The maximum absolute atomic E-state index is 13.0. The quantitative estimate of drug-likeness (QED) is 0.745. The highest BCUT2D eigenvalue weighted by Gasteiger charge is 2.30. The lowest BCUT2D eigenvalue weighted by atomic mass is 10.2. The van der Waals surface area contributed by atoms with Crippen LogP contribution in [0.15, 0.2) is 11.9 Å². The summed E-state index contributed by atoms with van der Waals surface area (Å²) in [4.78, 5) is 13.1. The maximum Gasteiger partial charge on any atom is 0.318 e. The molecule has 5 nitrogen and oxygen atoms in total. The first kappa shape index (κ1) is 12.3. The van der Waals surface area contributed by atoms with Gasteiger partial charge in [-0.25, -0.2) is 17.6 Å². The highest BCUT2D eigenvalue weighted by atomic mass is 32.2. The number of nitrogens with zero attached hydrogens (tertiary/aromatic N) is 1. The van der Waals surface area contributed by atoms with Crippen molar-refractivity contribution in [3.05, 3.63) is 11.9 Å². The smallest absolute Gasteiger partial charge is 0.318 e. The molecule has 0 aromatic rings. The minimum Gasteiger partial charge on any atom is -0.334 e. The molecule has 7 heteroatoms. The van der Waals surface area contributed by atoms with Gasteiger partial charge in [0.1, 0.15) is 5.83 Å². The van der Waals surface area contributed by atoms with Crippen LogP contribution in [0.1, 0.15) is 12.8 Å². The molecular weight excluding hydrogens is 247 g/mol. The van der Waals surface area contributed by atoms with E-state index in [1.807, 2.05) is 0 Å². The zero-order valence-corrected chi connectivity index (χ0v) is 10.2. The molecule has 96 valence electrons. The summed E-state index contributed by atoms with van der Waals surface area (Å²) < 4.78 is 35.4. The van der Waals surface area contributed by atoms with Gasteiger partial charge >= 0.3 is 6.03 Å². The zero-order valence-electron chi connectivity index (χ0n) is 9.36. The molecule has 0 radical (unpaired) electrons. The lowest BCUT2D eigenvalue weighted by Crippen LogP contribution is -2.47. The molecule has 1 saturated heterocycles. The summed E-state index contributed by atoms with van der Waals surface area (Å²) in [6, 6.07) is -0.711. The molecule has 0 saturated carbocycles. The second-order valence-electron chi connectivity index (χ2n) is 4.41. The molecule has 1 N–H and O–H groups in total. The highest BCUT2D eigenvalue weighted by Crippen LogP contribution is 2.14. The minimum atomic E-state index is -3.00. The molecule has 0 spiro atoms. The number of amides is 2. The van der Waals surface area contributed by atoms with Crippen molar-refractivity contribution in [1.82, 2.24) is 10.2 Å². The van der Waals surface area contributed by atoms with Crippen LogP contribution in [0.3, 0.4) is 0 Å². The van der Waals surface area contributed by atoms with Crippen LogP contribution in [0, 0.1) is 0 Å². The first-order chi connectivity index (χ1) is 7.96. The first-order valence-electron chi connectivity index (χ1n) is 5.57. The van der Waals surface area contributed by atoms with Crippen LogP contribution in [-0.2, 0) is 9.84 Å². The molecule has 2 heterocycles. The summed E-state index contributed by atoms with van der Waals surface area (Å²) in [5, 5.41) is 2.64. The predicted octanol–water partition coefficient (Wildman–Crippen LogP) is 0.442. The van der Waals surface area contributed by atoms with E-state index in [1.54, 1.807) is 0 Å². The first-order valence-corrected chi connectivity index (χ1v) is 7.39. The maximum atomic E-state index is 13.0. The van der Waals surface area contributed by atoms with Crippen molar-refractivity contribution in [2.45, 2.75) is 18.9 Å². The van der Waals surface area contributed by atoms with Crippen LogP contribution in [-0.4, -0.2) is 50.0 Å².